The van der Waals surface area contributed by atoms with Crippen LogP contribution in [0.15, 0.2) is 52.9 Å². The molecule has 4 rings (SSSR count). The van der Waals surface area contributed by atoms with Crippen LogP contribution in [-0.4, -0.2) is 42.7 Å². The fraction of sp³-hybridized carbons (Fsp3) is 0.300. The fourth-order valence-electron chi connectivity index (χ4n) is 2.93. The Labute approximate surface area is 177 Å². The Balaban J connectivity index is 1.28. The van der Waals surface area contributed by atoms with Gasteiger partial charge in [0.25, 0.3) is 0 Å². The summed E-state index contributed by atoms with van der Waals surface area (Å²) in [7, 11) is 4.05. The van der Waals surface area contributed by atoms with Crippen molar-refractivity contribution >= 4 is 39.6 Å². The van der Waals surface area contributed by atoms with Crippen LogP contribution in [0.2, 0.25) is 0 Å². The van der Waals surface area contributed by atoms with Gasteiger partial charge in [0.1, 0.15) is 12.0 Å². The molecule has 2 heterocycles. The molecular weight excluding hydrogens is 409 g/mol. The zero-order valence-electron chi connectivity index (χ0n) is 16.1. The van der Waals surface area contributed by atoms with E-state index in [0.717, 1.165) is 27.9 Å². The molecule has 1 aliphatic heterocycles. The second kappa shape index (κ2) is 9.08. The predicted octanol–water partition coefficient (Wildman–Crippen LogP) is 4.27. The van der Waals surface area contributed by atoms with Crippen molar-refractivity contribution in [2.75, 3.05) is 36.6 Å². The van der Waals surface area contributed by atoms with E-state index in [4.69, 9.17) is 4.74 Å². The molecule has 1 aromatic heterocycles. The van der Waals surface area contributed by atoms with E-state index in [1.807, 2.05) is 14.1 Å². The van der Waals surface area contributed by atoms with Crippen LogP contribution in [0.4, 0.5) is 20.9 Å². The summed E-state index contributed by atoms with van der Waals surface area (Å²) in [5.41, 5.74) is 2.68. The van der Waals surface area contributed by atoms with Crippen LogP contribution < -0.4 is 15.5 Å². The molecule has 6 nitrogen and oxygen atoms in total. The van der Waals surface area contributed by atoms with Gasteiger partial charge in [-0.25, -0.2) is 4.39 Å². The normalized spacial score (nSPS) is 18.7. The minimum absolute atomic E-state index is 0.0883. The third-order valence-corrected chi connectivity index (χ3v) is 6.59. The molecule has 2 N–H and O–H groups in total. The quantitative estimate of drug-likeness (QED) is 0.542. The molecule has 0 amide bonds. The van der Waals surface area contributed by atoms with E-state index in [0.29, 0.717) is 10.8 Å². The van der Waals surface area contributed by atoms with Gasteiger partial charge in [0.15, 0.2) is 4.34 Å². The summed E-state index contributed by atoms with van der Waals surface area (Å²) in [5.74, 6) is 0.458. The molecule has 0 saturated carbocycles. The molecule has 0 radical (unpaired) electrons. The summed E-state index contributed by atoms with van der Waals surface area (Å²) in [4.78, 5) is 2.07. The zero-order chi connectivity index (χ0) is 20.2. The summed E-state index contributed by atoms with van der Waals surface area (Å²) in [6.07, 6.45) is -0.00471. The second-order valence-corrected chi connectivity index (χ2v) is 9.07. The van der Waals surface area contributed by atoms with Gasteiger partial charge in [0.2, 0.25) is 5.13 Å². The molecule has 2 aromatic carbocycles. The first kappa shape index (κ1) is 20.1. The molecular formula is C20H22FN5OS2. The smallest absolute Gasteiger partial charge is 0.210 e. The van der Waals surface area contributed by atoms with E-state index in [1.165, 1.54) is 17.4 Å². The van der Waals surface area contributed by atoms with E-state index in [2.05, 4.69) is 50.0 Å². The maximum Gasteiger partial charge on any atom is 0.210 e. The Morgan fingerprint density at radius 2 is 2.00 bits per heavy atom. The van der Waals surface area contributed by atoms with Crippen LogP contribution in [-0.2, 0) is 4.74 Å². The summed E-state index contributed by atoms with van der Waals surface area (Å²) in [6, 6.07) is 14.9. The molecule has 0 spiro atoms. The van der Waals surface area contributed by atoms with Gasteiger partial charge in [-0.3, -0.25) is 5.32 Å². The third-order valence-electron chi connectivity index (χ3n) is 4.49. The second-order valence-electron chi connectivity index (χ2n) is 6.82. The number of nitrogens with zero attached hydrogens (tertiary/aromatic N) is 3. The van der Waals surface area contributed by atoms with Crippen molar-refractivity contribution in [3.8, 4) is 0 Å². The Morgan fingerprint density at radius 1 is 1.21 bits per heavy atom. The fourth-order valence-corrected chi connectivity index (χ4v) is 4.72. The van der Waals surface area contributed by atoms with Crippen molar-refractivity contribution in [1.29, 1.82) is 0 Å². The van der Waals surface area contributed by atoms with Crippen LogP contribution in [0.5, 0.6) is 0 Å². The molecule has 1 fully saturated rings. The van der Waals surface area contributed by atoms with Gasteiger partial charge in [-0.2, -0.15) is 0 Å². The molecule has 9 heteroatoms. The van der Waals surface area contributed by atoms with Gasteiger partial charge in [0.05, 0.1) is 11.8 Å². The largest absolute Gasteiger partial charge is 0.378 e. The van der Waals surface area contributed by atoms with E-state index >= 15 is 0 Å². The number of nitrogens with one attached hydrogen (secondary N) is 2. The molecule has 0 bridgehead atoms. The number of hydrogen-bond donors (Lipinski definition) is 2. The Bertz CT molecular complexity index is 950. The summed E-state index contributed by atoms with van der Waals surface area (Å²) >= 11 is 3.00. The number of thioether (sulfide) groups is 1. The molecule has 29 heavy (non-hydrogen) atoms. The summed E-state index contributed by atoms with van der Waals surface area (Å²) in [5, 5.41) is 15.2. The first-order valence-electron chi connectivity index (χ1n) is 9.22. The topological polar surface area (TPSA) is 62.3 Å². The van der Waals surface area contributed by atoms with Gasteiger partial charge in [-0.15, -0.1) is 10.2 Å². The highest BCUT2D eigenvalue weighted by atomic mass is 32.2. The summed E-state index contributed by atoms with van der Waals surface area (Å²) < 4.78 is 20.7. The maximum atomic E-state index is 13.7. The Morgan fingerprint density at radius 3 is 2.76 bits per heavy atom. The highest BCUT2D eigenvalue weighted by Gasteiger charge is 2.26. The first-order valence-corrected chi connectivity index (χ1v) is 11.0. The molecule has 0 aliphatic carbocycles. The number of hydrogen-bond acceptors (Lipinski definition) is 8. The van der Waals surface area contributed by atoms with E-state index in [1.54, 1.807) is 30.0 Å². The van der Waals surface area contributed by atoms with Crippen LogP contribution in [0.1, 0.15) is 11.8 Å². The van der Waals surface area contributed by atoms with Crippen LogP contribution in [0, 0.1) is 5.82 Å². The molecule has 1 saturated heterocycles. The Hall–Kier alpha value is -2.20. The van der Waals surface area contributed by atoms with Crippen LogP contribution in [0.3, 0.4) is 0 Å². The average Bonchev–Trinajstić information content (AvgIpc) is 3.38. The van der Waals surface area contributed by atoms with Gasteiger partial charge in [-0.05, 0) is 29.8 Å². The number of aromatic nitrogens is 2. The van der Waals surface area contributed by atoms with E-state index < -0.39 is 0 Å². The lowest BCUT2D eigenvalue weighted by Crippen LogP contribution is -2.16. The SMILES string of the molecule is CN(C)c1ccc([C@H]2NC[C@H](CSc3nnc(Nc4ccccc4F)s3)O2)cc1. The van der Waals surface area contributed by atoms with Gasteiger partial charge >= 0.3 is 0 Å². The number of anilines is 3. The summed E-state index contributed by atoms with van der Waals surface area (Å²) in [6.45, 7) is 0.784. The zero-order valence-corrected chi connectivity index (χ0v) is 17.8. The number of benzene rings is 2. The average molecular weight is 432 g/mol. The number of ether oxygens (including phenoxy) is 1. The number of para-hydroxylation sites is 1. The maximum absolute atomic E-state index is 13.7. The number of rotatable bonds is 7. The molecule has 0 unspecified atom stereocenters. The van der Waals surface area contributed by atoms with Crippen molar-refractivity contribution < 1.29 is 9.13 Å². The third kappa shape index (κ3) is 5.05. The minimum Gasteiger partial charge on any atom is -0.378 e. The highest BCUT2D eigenvalue weighted by molar-refractivity contribution is 8.01. The molecule has 3 aromatic rings. The van der Waals surface area contributed by atoms with Crippen molar-refractivity contribution in [2.45, 2.75) is 16.7 Å². The van der Waals surface area contributed by atoms with Gasteiger partial charge < -0.3 is 15.0 Å². The Kier molecular flexibility index (Phi) is 6.29. The predicted molar refractivity (Wildman–Crippen MR) is 117 cm³/mol. The van der Waals surface area contributed by atoms with E-state index in [-0.39, 0.29) is 18.1 Å². The molecule has 2 atom stereocenters. The van der Waals surface area contributed by atoms with Crippen molar-refractivity contribution in [1.82, 2.24) is 15.5 Å². The minimum atomic E-state index is -0.313. The standard InChI is InChI=1S/C20H22FN5OS2/c1-26(2)14-9-7-13(8-10-14)18-22-11-15(27-18)12-28-20-25-24-19(29-20)23-17-6-4-3-5-16(17)21/h3-10,15,18,22H,11-12H2,1-2H3,(H,23,24)/t15-,18+/m1/s1. The van der Waals surface area contributed by atoms with Gasteiger partial charge in [0, 0.05) is 32.1 Å². The van der Waals surface area contributed by atoms with E-state index in [9.17, 15) is 4.39 Å². The van der Waals surface area contributed by atoms with Gasteiger partial charge in [-0.1, -0.05) is 47.4 Å². The van der Waals surface area contributed by atoms with Crippen molar-refractivity contribution in [3.63, 3.8) is 0 Å². The van der Waals surface area contributed by atoms with Crippen LogP contribution in [0.25, 0.3) is 0 Å². The molecule has 152 valence electrons. The lowest BCUT2D eigenvalue weighted by molar-refractivity contribution is 0.0535. The highest BCUT2D eigenvalue weighted by Crippen LogP contribution is 2.31. The lowest BCUT2D eigenvalue weighted by Gasteiger charge is -2.16. The molecule has 1 aliphatic rings. The van der Waals surface area contributed by atoms with Crippen molar-refractivity contribution in [3.05, 3.63) is 59.9 Å². The van der Waals surface area contributed by atoms with Crippen molar-refractivity contribution in [2.24, 2.45) is 0 Å². The van der Waals surface area contributed by atoms with Crippen LogP contribution >= 0.6 is 23.1 Å². The first-order chi connectivity index (χ1) is 14.1. The lowest BCUT2D eigenvalue weighted by atomic mass is 10.2. The monoisotopic (exact) mass is 431 g/mol. The number of halogens is 1.